The van der Waals surface area contributed by atoms with Crippen LogP contribution in [0.2, 0.25) is 0 Å². The van der Waals surface area contributed by atoms with Crippen LogP contribution in [-0.4, -0.2) is 24.2 Å². The largest absolute Gasteiger partial charge is 0.483 e. The predicted octanol–water partition coefficient (Wildman–Crippen LogP) is 3.51. The monoisotopic (exact) mass is 399 g/mol. The van der Waals surface area contributed by atoms with E-state index < -0.39 is 0 Å². The summed E-state index contributed by atoms with van der Waals surface area (Å²) in [4.78, 5) is 40.5. The summed E-state index contributed by atoms with van der Waals surface area (Å²) in [5.74, 6) is 0.957. The first-order chi connectivity index (χ1) is 14.6. The molecular weight excluding hydrogens is 378 g/mol. The summed E-state index contributed by atoms with van der Waals surface area (Å²) in [5, 5.41) is 0. The van der Waals surface area contributed by atoms with Crippen molar-refractivity contribution in [2.45, 2.75) is 6.42 Å². The average molecular weight is 399 g/mol. The van der Waals surface area contributed by atoms with Crippen molar-refractivity contribution in [3.8, 4) is 5.75 Å². The van der Waals surface area contributed by atoms with Crippen LogP contribution in [0.5, 0.6) is 5.75 Å². The number of nitrogens with zero attached hydrogens (tertiary/aromatic N) is 1. The lowest BCUT2D eigenvalue weighted by Gasteiger charge is -2.37. The Bertz CT molecular complexity index is 1060. The number of anilines is 1. The van der Waals surface area contributed by atoms with Crippen LogP contribution >= 0.6 is 0 Å². The Hall–Kier alpha value is -3.21. The normalized spacial score (nSPS) is 32.7. The van der Waals surface area contributed by atoms with Gasteiger partial charge >= 0.3 is 0 Å². The molecule has 5 nitrogen and oxygen atoms in total. The Kier molecular flexibility index (Phi) is 3.76. The molecule has 5 heteroatoms. The maximum absolute atomic E-state index is 13.4. The number of benzene rings is 2. The molecule has 30 heavy (non-hydrogen) atoms. The van der Waals surface area contributed by atoms with E-state index in [1.165, 1.54) is 4.90 Å². The van der Waals surface area contributed by atoms with Crippen molar-refractivity contribution in [1.82, 2.24) is 0 Å². The number of ketones is 1. The van der Waals surface area contributed by atoms with Gasteiger partial charge in [0.05, 0.1) is 17.5 Å². The van der Waals surface area contributed by atoms with Crippen LogP contribution in [0.25, 0.3) is 0 Å². The molecule has 4 aliphatic carbocycles. The molecule has 0 unspecified atom stereocenters. The molecule has 150 valence electrons. The van der Waals surface area contributed by atoms with Crippen molar-refractivity contribution in [3.63, 3.8) is 0 Å². The van der Waals surface area contributed by atoms with E-state index in [4.69, 9.17) is 4.74 Å². The van der Waals surface area contributed by atoms with E-state index >= 15 is 0 Å². The fraction of sp³-hybridized carbons (Fsp3) is 0.320. The summed E-state index contributed by atoms with van der Waals surface area (Å²) >= 11 is 0. The van der Waals surface area contributed by atoms with E-state index in [2.05, 4.69) is 12.2 Å². The number of rotatable bonds is 5. The number of allylic oxidation sites excluding steroid dienone is 2. The zero-order valence-electron chi connectivity index (χ0n) is 16.3. The number of carbonyl (C=O) groups excluding carboxylic acids is 3. The molecule has 6 atom stereocenters. The van der Waals surface area contributed by atoms with Crippen molar-refractivity contribution in [2.75, 3.05) is 11.5 Å². The standard InChI is InChI=1S/C25H21NO4/c27-20(14-6-2-1-3-7-14)13-30-21-9-5-4-8-19(21)26-24(28)22-15-10-11-16(18-12-17(15)18)23(22)25(26)29/h1-11,15-18,22-23H,12-13H2/t15-,16+,17-,18-,22+,23-/m1/s1. The van der Waals surface area contributed by atoms with Gasteiger partial charge in [-0.25, -0.2) is 4.90 Å². The molecule has 0 spiro atoms. The van der Waals surface area contributed by atoms with E-state index in [-0.39, 0.29) is 47.9 Å². The molecule has 5 aliphatic rings. The van der Waals surface area contributed by atoms with Gasteiger partial charge in [-0.15, -0.1) is 0 Å². The molecule has 2 amide bonds. The highest BCUT2D eigenvalue weighted by molar-refractivity contribution is 6.23. The van der Waals surface area contributed by atoms with E-state index in [1.807, 2.05) is 6.07 Å². The van der Waals surface area contributed by atoms with Crippen LogP contribution in [0.15, 0.2) is 66.7 Å². The SMILES string of the molecule is O=C(COc1ccccc1N1C(=O)[C@@H]2[C@H]3C=C[C@H]([C@H]4C[C@H]34)[C@@H]2C1=O)c1ccccc1. The van der Waals surface area contributed by atoms with E-state index in [1.54, 1.807) is 48.5 Å². The zero-order valence-corrected chi connectivity index (χ0v) is 16.3. The highest BCUT2D eigenvalue weighted by atomic mass is 16.5. The molecule has 7 rings (SSSR count). The number of amides is 2. The predicted molar refractivity (Wildman–Crippen MR) is 110 cm³/mol. The number of imide groups is 1. The number of carbonyl (C=O) groups is 3. The van der Waals surface area contributed by atoms with Gasteiger partial charge in [0, 0.05) is 5.56 Å². The Morgan fingerprint density at radius 1 is 0.867 bits per heavy atom. The van der Waals surface area contributed by atoms with Gasteiger partial charge in [0.1, 0.15) is 5.75 Å². The molecule has 2 saturated carbocycles. The van der Waals surface area contributed by atoms with Crippen molar-refractivity contribution < 1.29 is 19.1 Å². The Morgan fingerprint density at radius 2 is 1.47 bits per heavy atom. The number of para-hydroxylation sites is 2. The van der Waals surface area contributed by atoms with Gasteiger partial charge in [0.25, 0.3) is 0 Å². The maximum Gasteiger partial charge on any atom is 0.238 e. The van der Waals surface area contributed by atoms with Gasteiger partial charge in [-0.3, -0.25) is 14.4 Å². The molecule has 1 saturated heterocycles. The van der Waals surface area contributed by atoms with E-state index in [0.29, 0.717) is 28.8 Å². The van der Waals surface area contributed by atoms with Gasteiger partial charge in [-0.2, -0.15) is 0 Å². The second-order valence-corrected chi connectivity index (χ2v) is 8.71. The lowest BCUT2D eigenvalue weighted by atomic mass is 9.63. The molecule has 2 aromatic rings. The van der Waals surface area contributed by atoms with Crippen molar-refractivity contribution in [2.24, 2.45) is 35.5 Å². The second kappa shape index (κ2) is 6.39. The van der Waals surface area contributed by atoms with Crippen LogP contribution in [0.1, 0.15) is 16.8 Å². The Morgan fingerprint density at radius 3 is 2.13 bits per heavy atom. The summed E-state index contributed by atoms with van der Waals surface area (Å²) in [6.45, 7) is -0.152. The molecule has 1 aliphatic heterocycles. The summed E-state index contributed by atoms with van der Waals surface area (Å²) in [6, 6.07) is 15.9. The first-order valence-electron chi connectivity index (χ1n) is 10.5. The molecule has 0 N–H and O–H groups in total. The van der Waals surface area contributed by atoms with Crippen LogP contribution in [0, 0.1) is 35.5 Å². The van der Waals surface area contributed by atoms with Gasteiger partial charge < -0.3 is 4.74 Å². The zero-order chi connectivity index (χ0) is 20.4. The molecule has 3 fully saturated rings. The molecule has 2 bridgehead atoms. The summed E-state index contributed by atoms with van der Waals surface area (Å²) in [6.07, 6.45) is 5.46. The summed E-state index contributed by atoms with van der Waals surface area (Å²) in [7, 11) is 0. The number of Topliss-reactive ketones (excluding diaryl/α,β-unsaturated/α-hetero) is 1. The van der Waals surface area contributed by atoms with Crippen molar-refractivity contribution >= 4 is 23.3 Å². The highest BCUT2D eigenvalue weighted by Crippen LogP contribution is 2.65. The minimum absolute atomic E-state index is 0.125. The molecule has 0 radical (unpaired) electrons. The lowest BCUT2D eigenvalue weighted by Crippen LogP contribution is -2.40. The maximum atomic E-state index is 13.4. The third-order valence-corrected chi connectivity index (χ3v) is 7.22. The van der Waals surface area contributed by atoms with Gasteiger partial charge in [-0.1, -0.05) is 54.6 Å². The third-order valence-electron chi connectivity index (χ3n) is 7.22. The Balaban J connectivity index is 1.28. The summed E-state index contributed by atoms with van der Waals surface area (Å²) in [5.41, 5.74) is 1.01. The molecule has 2 aromatic carbocycles. The first-order valence-corrected chi connectivity index (χ1v) is 10.5. The lowest BCUT2D eigenvalue weighted by molar-refractivity contribution is -0.124. The second-order valence-electron chi connectivity index (χ2n) is 8.71. The first kappa shape index (κ1) is 17.6. The smallest absolute Gasteiger partial charge is 0.238 e. The topological polar surface area (TPSA) is 63.7 Å². The fourth-order valence-corrected chi connectivity index (χ4v) is 5.81. The molecule has 1 heterocycles. The van der Waals surface area contributed by atoms with Crippen molar-refractivity contribution in [3.05, 3.63) is 72.3 Å². The number of hydrogen-bond donors (Lipinski definition) is 0. The minimum Gasteiger partial charge on any atom is -0.483 e. The Labute approximate surface area is 174 Å². The van der Waals surface area contributed by atoms with Crippen LogP contribution in [0.4, 0.5) is 5.69 Å². The number of ether oxygens (including phenoxy) is 1. The number of hydrogen-bond acceptors (Lipinski definition) is 4. The molecular formula is C25H21NO4. The van der Waals surface area contributed by atoms with Gasteiger partial charge in [0.2, 0.25) is 11.8 Å². The van der Waals surface area contributed by atoms with E-state index in [9.17, 15) is 14.4 Å². The quantitative estimate of drug-likeness (QED) is 0.439. The van der Waals surface area contributed by atoms with Crippen LogP contribution < -0.4 is 9.64 Å². The van der Waals surface area contributed by atoms with Crippen molar-refractivity contribution in [1.29, 1.82) is 0 Å². The fourth-order valence-electron chi connectivity index (χ4n) is 5.81. The summed E-state index contributed by atoms with van der Waals surface area (Å²) < 4.78 is 5.80. The molecule has 0 aromatic heterocycles. The van der Waals surface area contributed by atoms with Gasteiger partial charge in [-0.05, 0) is 42.2 Å². The van der Waals surface area contributed by atoms with Crippen LogP contribution in [-0.2, 0) is 9.59 Å². The average Bonchev–Trinajstić information content (AvgIpc) is 3.56. The third kappa shape index (κ3) is 2.44. The van der Waals surface area contributed by atoms with Gasteiger partial charge in [0.15, 0.2) is 12.4 Å². The van der Waals surface area contributed by atoms with Crippen LogP contribution in [0.3, 0.4) is 0 Å². The minimum atomic E-state index is -0.254. The van der Waals surface area contributed by atoms with E-state index in [0.717, 1.165) is 6.42 Å². The highest BCUT2D eigenvalue weighted by Gasteiger charge is 2.67.